The van der Waals surface area contributed by atoms with E-state index in [9.17, 15) is 0 Å². The second-order valence-corrected chi connectivity index (χ2v) is 44.8. The van der Waals surface area contributed by atoms with E-state index in [1.165, 1.54) is 64.2 Å². The molecule has 0 radical (unpaired) electrons. The number of unbranched alkanes of at least 4 members (excludes halogenated alkanes) is 6. The van der Waals surface area contributed by atoms with Gasteiger partial charge in [-0.2, -0.15) is 0 Å². The number of aromatic nitrogens is 1. The van der Waals surface area contributed by atoms with Crippen molar-refractivity contribution in [2.45, 2.75) is 114 Å². The van der Waals surface area contributed by atoms with Crippen molar-refractivity contribution in [1.82, 2.24) is 4.57 Å². The zero-order valence-corrected chi connectivity index (χ0v) is 29.4. The van der Waals surface area contributed by atoms with Crippen molar-refractivity contribution in [2.24, 2.45) is 0 Å². The van der Waals surface area contributed by atoms with Gasteiger partial charge in [-0.25, -0.2) is 0 Å². The van der Waals surface area contributed by atoms with Crippen molar-refractivity contribution >= 4 is 85.6 Å². The zero-order valence-electron chi connectivity index (χ0n) is 22.1. The molecule has 3 aromatic rings. The molecule has 0 amide bonds. The molecular weight excluding hydrogens is 640 g/mol. The predicted octanol–water partition coefficient (Wildman–Crippen LogP) is 9.49. The first-order valence-corrected chi connectivity index (χ1v) is 34.8. The van der Waals surface area contributed by atoms with Gasteiger partial charge in [-0.1, -0.05) is 0 Å². The molecule has 3 rings (SSSR count). The van der Waals surface area contributed by atoms with Gasteiger partial charge in [0.15, 0.2) is 0 Å². The summed E-state index contributed by atoms with van der Waals surface area (Å²) >= 11 is 0.158. The Morgan fingerprint density at radius 2 is 1.06 bits per heavy atom. The molecule has 0 atom stereocenters. The Balaban J connectivity index is 2.09. The van der Waals surface area contributed by atoms with Gasteiger partial charge in [0.2, 0.25) is 0 Å². The fourth-order valence-electron chi connectivity index (χ4n) is 4.72. The van der Waals surface area contributed by atoms with E-state index < -0.39 is 36.8 Å². The van der Waals surface area contributed by atoms with Crippen LogP contribution in [-0.2, 0) is 0 Å². The van der Waals surface area contributed by atoms with E-state index >= 15 is 0 Å². The van der Waals surface area contributed by atoms with Crippen LogP contribution in [0.15, 0.2) is 12.1 Å². The SMILES string of the molecule is CCCCCCC(CCCCCC)n1c2c[c]([Sn]([CH3])([CH3])[CH3])sc2c2s[c]([Sn]([CH3])([CH3])[CH3])cc21. The molecule has 3 heterocycles. The Bertz CT molecular complexity index is 919. The second kappa shape index (κ2) is 11.7. The molecule has 1 nitrogen and oxygen atoms in total. The average molecular weight is 687 g/mol. The number of thiophene rings is 2. The van der Waals surface area contributed by atoms with E-state index in [1.807, 2.05) is 0 Å². The minimum atomic E-state index is -2.09. The van der Waals surface area contributed by atoms with E-state index in [-0.39, 0.29) is 0 Å². The maximum atomic E-state index is 2.86. The number of fused-ring (bicyclic) bond motifs is 3. The fourth-order valence-corrected chi connectivity index (χ4v) is 17.5. The second-order valence-electron chi connectivity index (χ2n) is 11.9. The molecule has 5 heteroatoms. The zero-order chi connectivity index (χ0) is 23.5. The van der Waals surface area contributed by atoms with Crippen LogP contribution < -0.4 is 5.79 Å². The van der Waals surface area contributed by atoms with Crippen LogP contribution in [0.4, 0.5) is 0 Å². The molecule has 0 N–H and O–H groups in total. The molecule has 0 saturated heterocycles. The summed E-state index contributed by atoms with van der Waals surface area (Å²) in [5.41, 5.74) is 3.18. The standard InChI is InChI=1S/C21H29NS2.6CH3.2Sn/c1-3-5-7-9-11-17(12-10-8-6-4-2)22-18-13-15-23-20(18)21-19(22)14-16-24-21;;;;;;;;/h13-14,17H,3-12H2,1-2H3;6*1H3;;. The summed E-state index contributed by atoms with van der Waals surface area (Å²) < 4.78 is 9.62. The Morgan fingerprint density at radius 3 is 1.41 bits per heavy atom. The summed E-state index contributed by atoms with van der Waals surface area (Å²) in [6, 6.07) is 5.97. The summed E-state index contributed by atoms with van der Waals surface area (Å²) in [6.07, 6.45) is 13.7. The quantitative estimate of drug-likeness (QED) is 0.125. The molecule has 0 aliphatic carbocycles. The summed E-state index contributed by atoms with van der Waals surface area (Å²) in [7, 11) is 0. The van der Waals surface area contributed by atoms with Crippen molar-refractivity contribution in [1.29, 1.82) is 0 Å². The van der Waals surface area contributed by atoms with E-state index in [0.717, 1.165) is 0 Å². The topological polar surface area (TPSA) is 4.93 Å². The van der Waals surface area contributed by atoms with Crippen molar-refractivity contribution < 1.29 is 0 Å². The molecule has 3 aromatic heterocycles. The first-order valence-electron chi connectivity index (χ1n) is 13.2. The van der Waals surface area contributed by atoms with Crippen LogP contribution in [0.25, 0.3) is 20.4 Å². The molecule has 0 spiro atoms. The molecule has 0 fully saturated rings. The van der Waals surface area contributed by atoms with Gasteiger partial charge in [-0.15, -0.1) is 0 Å². The van der Waals surface area contributed by atoms with Crippen LogP contribution in [-0.4, -0.2) is 41.3 Å². The van der Waals surface area contributed by atoms with Gasteiger partial charge >= 0.3 is 216 Å². The Morgan fingerprint density at radius 1 is 0.656 bits per heavy atom. The van der Waals surface area contributed by atoms with Crippen LogP contribution in [0.2, 0.25) is 29.6 Å². The fraction of sp³-hybridized carbons (Fsp3) is 0.704. The van der Waals surface area contributed by atoms with Crippen molar-refractivity contribution in [3.8, 4) is 0 Å². The van der Waals surface area contributed by atoms with E-state index in [0.29, 0.717) is 6.04 Å². The van der Waals surface area contributed by atoms with E-state index in [1.54, 1.807) is 26.2 Å². The van der Waals surface area contributed by atoms with E-state index in [4.69, 9.17) is 0 Å². The van der Waals surface area contributed by atoms with Gasteiger partial charge in [-0.05, 0) is 0 Å². The molecular formula is C27H47NS2Sn2. The molecule has 0 saturated carbocycles. The number of hydrogen-bond donors (Lipinski definition) is 0. The Labute approximate surface area is 214 Å². The molecule has 0 unspecified atom stereocenters. The molecule has 0 aliphatic heterocycles. The summed E-state index contributed by atoms with van der Waals surface area (Å²) in [4.78, 5) is 15.5. The van der Waals surface area contributed by atoms with Crippen LogP contribution in [0.1, 0.15) is 84.1 Å². The summed E-state index contributed by atoms with van der Waals surface area (Å²) in [5.74, 6) is 0. The molecule has 0 aromatic carbocycles. The Hall–Kier alpha value is 0.797. The summed E-state index contributed by atoms with van der Waals surface area (Å²) in [6.45, 7) is 4.66. The van der Waals surface area contributed by atoms with Gasteiger partial charge in [-0.3, -0.25) is 0 Å². The normalized spacial score (nSPS) is 13.3. The number of rotatable bonds is 13. The maximum absolute atomic E-state index is 2.86. The van der Waals surface area contributed by atoms with Gasteiger partial charge in [0.1, 0.15) is 0 Å². The molecule has 180 valence electrons. The van der Waals surface area contributed by atoms with Gasteiger partial charge in [0.25, 0.3) is 0 Å². The van der Waals surface area contributed by atoms with Crippen LogP contribution in [0, 0.1) is 0 Å². The Kier molecular flexibility index (Phi) is 10.0. The monoisotopic (exact) mass is 689 g/mol. The molecule has 0 aliphatic rings. The predicted molar refractivity (Wildman–Crippen MR) is 158 cm³/mol. The first-order chi connectivity index (χ1) is 15.1. The van der Waals surface area contributed by atoms with Crippen LogP contribution in [0.5, 0.6) is 0 Å². The minimum absolute atomic E-state index is 0.680. The van der Waals surface area contributed by atoms with Gasteiger partial charge in [0, 0.05) is 0 Å². The number of nitrogens with zero attached hydrogens (tertiary/aromatic N) is 1. The third-order valence-electron chi connectivity index (χ3n) is 6.78. The van der Waals surface area contributed by atoms with Crippen molar-refractivity contribution in [3.63, 3.8) is 0 Å². The van der Waals surface area contributed by atoms with Crippen molar-refractivity contribution in [2.75, 3.05) is 0 Å². The van der Waals surface area contributed by atoms with Crippen LogP contribution >= 0.6 is 22.7 Å². The third-order valence-corrected chi connectivity index (χ3v) is 28.0. The van der Waals surface area contributed by atoms with E-state index in [2.05, 4.69) is 82.9 Å². The number of hydrogen-bond acceptors (Lipinski definition) is 2. The third kappa shape index (κ3) is 6.51. The van der Waals surface area contributed by atoms with Crippen molar-refractivity contribution in [3.05, 3.63) is 12.1 Å². The molecule has 0 bridgehead atoms. The van der Waals surface area contributed by atoms with Gasteiger partial charge in [0.05, 0.1) is 0 Å². The first kappa shape index (κ1) is 27.4. The molecule has 32 heavy (non-hydrogen) atoms. The average Bonchev–Trinajstić information content (AvgIpc) is 3.37. The van der Waals surface area contributed by atoms with Crippen LogP contribution in [0.3, 0.4) is 0 Å². The van der Waals surface area contributed by atoms with Gasteiger partial charge < -0.3 is 0 Å². The summed E-state index contributed by atoms with van der Waals surface area (Å²) in [5, 5.41) is 0.